The summed E-state index contributed by atoms with van der Waals surface area (Å²) in [5.74, 6) is 0.639. The second-order valence-corrected chi connectivity index (χ2v) is 5.53. The van der Waals surface area contributed by atoms with Crippen LogP contribution in [0.2, 0.25) is 0 Å². The number of benzene rings is 1. The Hall–Kier alpha value is -1.69. The van der Waals surface area contributed by atoms with E-state index in [1.165, 1.54) is 13.2 Å². The molecule has 1 aromatic rings. The lowest BCUT2D eigenvalue weighted by Gasteiger charge is -2.10. The van der Waals surface area contributed by atoms with Gasteiger partial charge in [0, 0.05) is 11.8 Å². The van der Waals surface area contributed by atoms with Gasteiger partial charge in [-0.1, -0.05) is 0 Å². The van der Waals surface area contributed by atoms with Gasteiger partial charge in [-0.3, -0.25) is 0 Å². The maximum absolute atomic E-state index is 11.1. The number of methoxy groups -OCH3 is 1. The SMILES string of the molecule is CCOc1cc(C(O)=CS(C)(=O)=O)ccc1OC. The molecule has 0 aromatic heterocycles. The third kappa shape index (κ3) is 3.96. The number of rotatable bonds is 5. The first-order valence-electron chi connectivity index (χ1n) is 5.29. The van der Waals surface area contributed by atoms with Gasteiger partial charge in [-0.25, -0.2) is 8.42 Å². The minimum atomic E-state index is -3.40. The van der Waals surface area contributed by atoms with Crippen molar-refractivity contribution in [2.75, 3.05) is 20.0 Å². The molecule has 0 aliphatic rings. The maximum Gasteiger partial charge on any atom is 0.172 e. The van der Waals surface area contributed by atoms with Crippen LogP contribution in [0.4, 0.5) is 0 Å². The van der Waals surface area contributed by atoms with Crippen LogP contribution < -0.4 is 9.47 Å². The van der Waals surface area contributed by atoms with Gasteiger partial charge in [0.1, 0.15) is 5.76 Å². The predicted octanol–water partition coefficient (Wildman–Crippen LogP) is 1.99. The Bertz CT molecular complexity index is 546. The molecule has 0 aliphatic heterocycles. The number of sulfone groups is 1. The molecule has 0 radical (unpaired) electrons. The Labute approximate surface area is 107 Å². The second-order valence-electron chi connectivity index (χ2n) is 3.63. The van der Waals surface area contributed by atoms with Crippen molar-refractivity contribution in [2.45, 2.75) is 6.92 Å². The zero-order valence-corrected chi connectivity index (χ0v) is 11.3. The molecule has 0 fully saturated rings. The van der Waals surface area contributed by atoms with Crippen molar-refractivity contribution in [3.05, 3.63) is 29.2 Å². The summed E-state index contributed by atoms with van der Waals surface area (Å²) >= 11 is 0. The summed E-state index contributed by atoms with van der Waals surface area (Å²) in [6, 6.07) is 4.68. The molecule has 0 saturated carbocycles. The van der Waals surface area contributed by atoms with E-state index in [0.29, 0.717) is 23.7 Å². The van der Waals surface area contributed by atoms with Crippen LogP contribution in [0.15, 0.2) is 23.6 Å². The first-order valence-corrected chi connectivity index (χ1v) is 7.24. The van der Waals surface area contributed by atoms with Gasteiger partial charge in [-0.05, 0) is 25.1 Å². The Morgan fingerprint density at radius 2 is 2.06 bits per heavy atom. The zero-order chi connectivity index (χ0) is 13.8. The summed E-state index contributed by atoms with van der Waals surface area (Å²) in [6.07, 6.45) is 1.01. The zero-order valence-electron chi connectivity index (χ0n) is 10.5. The van der Waals surface area contributed by atoms with E-state index in [4.69, 9.17) is 9.47 Å². The highest BCUT2D eigenvalue weighted by Gasteiger charge is 2.09. The number of aliphatic hydroxyl groups excluding tert-OH is 1. The van der Waals surface area contributed by atoms with Crippen LogP contribution in [0.5, 0.6) is 11.5 Å². The molecule has 6 heteroatoms. The van der Waals surface area contributed by atoms with Crippen LogP contribution >= 0.6 is 0 Å². The van der Waals surface area contributed by atoms with Crippen molar-refractivity contribution in [1.29, 1.82) is 0 Å². The highest BCUT2D eigenvalue weighted by atomic mass is 32.2. The maximum atomic E-state index is 11.1. The number of ether oxygens (including phenoxy) is 2. The van der Waals surface area contributed by atoms with Gasteiger partial charge in [0.2, 0.25) is 0 Å². The molecular weight excluding hydrogens is 256 g/mol. The van der Waals surface area contributed by atoms with Crippen LogP contribution in [0.3, 0.4) is 0 Å². The second kappa shape index (κ2) is 5.77. The number of hydrogen-bond acceptors (Lipinski definition) is 5. The Kier molecular flexibility index (Phi) is 4.61. The molecule has 0 amide bonds. The molecule has 0 atom stereocenters. The summed E-state index contributed by atoms with van der Waals surface area (Å²) in [7, 11) is -1.89. The monoisotopic (exact) mass is 272 g/mol. The summed E-state index contributed by atoms with van der Waals surface area (Å²) in [4.78, 5) is 0. The molecule has 1 N–H and O–H groups in total. The van der Waals surface area contributed by atoms with Gasteiger partial charge in [-0.15, -0.1) is 0 Å². The highest BCUT2D eigenvalue weighted by molar-refractivity contribution is 7.93. The molecule has 0 unspecified atom stereocenters. The summed E-state index contributed by atoms with van der Waals surface area (Å²) in [5, 5.41) is 10.5. The van der Waals surface area contributed by atoms with Crippen LogP contribution in [-0.4, -0.2) is 33.5 Å². The van der Waals surface area contributed by atoms with Crippen LogP contribution in [-0.2, 0) is 9.84 Å². The van der Waals surface area contributed by atoms with Gasteiger partial charge in [0.15, 0.2) is 21.3 Å². The Balaban J connectivity index is 3.19. The first kappa shape index (κ1) is 14.4. The lowest BCUT2D eigenvalue weighted by molar-refractivity contribution is 0.310. The molecule has 0 aliphatic carbocycles. The molecule has 1 rings (SSSR count). The Morgan fingerprint density at radius 3 is 2.56 bits per heavy atom. The minimum Gasteiger partial charge on any atom is -0.507 e. The predicted molar refractivity (Wildman–Crippen MR) is 69.6 cm³/mol. The molecule has 0 spiro atoms. The van der Waals surface area contributed by atoms with Crippen molar-refractivity contribution >= 4 is 15.6 Å². The molecule has 100 valence electrons. The van der Waals surface area contributed by atoms with Gasteiger partial charge >= 0.3 is 0 Å². The van der Waals surface area contributed by atoms with Crippen molar-refractivity contribution in [1.82, 2.24) is 0 Å². The Morgan fingerprint density at radius 1 is 1.39 bits per heavy atom. The highest BCUT2D eigenvalue weighted by Crippen LogP contribution is 2.30. The number of aliphatic hydroxyl groups is 1. The molecule has 18 heavy (non-hydrogen) atoms. The van der Waals surface area contributed by atoms with Gasteiger partial charge < -0.3 is 14.6 Å². The van der Waals surface area contributed by atoms with E-state index in [-0.39, 0.29) is 5.76 Å². The van der Waals surface area contributed by atoms with Crippen LogP contribution in [0.1, 0.15) is 12.5 Å². The molecular formula is C12H16O5S. The summed E-state index contributed by atoms with van der Waals surface area (Å²) in [6.45, 7) is 2.26. The van der Waals surface area contributed by atoms with Crippen molar-refractivity contribution in [3.8, 4) is 11.5 Å². The third-order valence-corrected chi connectivity index (χ3v) is 2.74. The molecule has 1 aromatic carbocycles. The van der Waals surface area contributed by atoms with E-state index in [9.17, 15) is 13.5 Å². The van der Waals surface area contributed by atoms with E-state index in [1.807, 2.05) is 6.92 Å². The average Bonchev–Trinajstić information content (AvgIpc) is 2.27. The van der Waals surface area contributed by atoms with Crippen molar-refractivity contribution in [2.24, 2.45) is 0 Å². The fourth-order valence-electron chi connectivity index (χ4n) is 1.38. The number of hydrogen-bond donors (Lipinski definition) is 1. The normalized spacial score (nSPS) is 12.3. The lowest BCUT2D eigenvalue weighted by Crippen LogP contribution is -1.97. The smallest absolute Gasteiger partial charge is 0.172 e. The lowest BCUT2D eigenvalue weighted by atomic mass is 10.2. The average molecular weight is 272 g/mol. The first-order chi connectivity index (χ1) is 8.37. The molecule has 5 nitrogen and oxygen atoms in total. The quantitative estimate of drug-likeness (QED) is 0.830. The van der Waals surface area contributed by atoms with Gasteiger partial charge in [0.05, 0.1) is 19.1 Å². The van der Waals surface area contributed by atoms with Gasteiger partial charge in [0.25, 0.3) is 0 Å². The van der Waals surface area contributed by atoms with E-state index in [1.54, 1.807) is 12.1 Å². The van der Waals surface area contributed by atoms with E-state index < -0.39 is 9.84 Å². The summed E-state index contributed by atoms with van der Waals surface area (Å²) in [5.41, 5.74) is 0.352. The fourth-order valence-corrected chi connectivity index (χ4v) is 1.92. The largest absolute Gasteiger partial charge is 0.507 e. The fraction of sp³-hybridized carbons (Fsp3) is 0.333. The van der Waals surface area contributed by atoms with Crippen molar-refractivity contribution < 1.29 is 23.0 Å². The molecule has 0 bridgehead atoms. The van der Waals surface area contributed by atoms with E-state index in [0.717, 1.165) is 11.7 Å². The van der Waals surface area contributed by atoms with E-state index >= 15 is 0 Å². The summed E-state index contributed by atoms with van der Waals surface area (Å²) < 4.78 is 32.5. The standard InChI is InChI=1S/C12H16O5S/c1-4-17-12-7-9(5-6-11(12)16-2)10(13)8-18(3,14)15/h5-8,13H,4H2,1-3H3. The molecule has 0 saturated heterocycles. The van der Waals surface area contributed by atoms with Crippen molar-refractivity contribution in [3.63, 3.8) is 0 Å². The van der Waals surface area contributed by atoms with E-state index in [2.05, 4.69) is 0 Å². The topological polar surface area (TPSA) is 72.8 Å². The van der Waals surface area contributed by atoms with Crippen LogP contribution in [0.25, 0.3) is 5.76 Å². The third-order valence-electron chi connectivity index (χ3n) is 2.08. The minimum absolute atomic E-state index is 0.332. The van der Waals surface area contributed by atoms with Gasteiger partial charge in [-0.2, -0.15) is 0 Å². The molecule has 0 heterocycles. The van der Waals surface area contributed by atoms with Crippen LogP contribution in [0, 0.1) is 0 Å².